The summed E-state index contributed by atoms with van der Waals surface area (Å²) in [5, 5.41) is 1.79. The van der Waals surface area contributed by atoms with Gasteiger partial charge in [0.15, 0.2) is 0 Å². The fraction of sp³-hybridized carbons (Fsp3) is 0. The third-order valence-corrected chi connectivity index (χ3v) is 3.31. The molecule has 0 aliphatic heterocycles. The standard InChI is InChI=1S/C18H12F2/c19-18(20)17(14-8-2-1-3-9-14)16-12-6-10-13-7-4-5-11-15(13)16/h1-12H. The van der Waals surface area contributed by atoms with Crippen molar-refractivity contribution in [3.05, 3.63) is 90.0 Å². The molecule has 20 heavy (non-hydrogen) atoms. The van der Waals surface area contributed by atoms with Gasteiger partial charge in [-0.05, 0) is 21.9 Å². The molecule has 0 N–H and O–H groups in total. The predicted octanol–water partition coefficient (Wildman–Crippen LogP) is 5.50. The maximum Gasteiger partial charge on any atom is 0.278 e. The van der Waals surface area contributed by atoms with Crippen LogP contribution in [0.25, 0.3) is 16.3 Å². The van der Waals surface area contributed by atoms with Gasteiger partial charge in [0, 0.05) is 0 Å². The average Bonchev–Trinajstić information content (AvgIpc) is 2.48. The summed E-state index contributed by atoms with van der Waals surface area (Å²) in [6.07, 6.45) is -1.66. The monoisotopic (exact) mass is 266 g/mol. The molecule has 3 aromatic carbocycles. The van der Waals surface area contributed by atoms with Crippen molar-refractivity contribution in [1.82, 2.24) is 0 Å². The van der Waals surface area contributed by atoms with Crippen molar-refractivity contribution in [2.24, 2.45) is 0 Å². The highest BCUT2D eigenvalue weighted by Crippen LogP contribution is 2.33. The van der Waals surface area contributed by atoms with E-state index in [0.717, 1.165) is 10.8 Å². The first kappa shape index (κ1) is 12.5. The predicted molar refractivity (Wildman–Crippen MR) is 78.6 cm³/mol. The Morgan fingerprint density at radius 2 is 1.30 bits per heavy atom. The van der Waals surface area contributed by atoms with Crippen LogP contribution in [0, 0.1) is 0 Å². The Balaban J connectivity index is 2.30. The minimum Gasteiger partial charge on any atom is -0.173 e. The number of benzene rings is 3. The highest BCUT2D eigenvalue weighted by atomic mass is 19.3. The molecule has 0 aromatic heterocycles. The van der Waals surface area contributed by atoms with Gasteiger partial charge >= 0.3 is 0 Å². The summed E-state index contributed by atoms with van der Waals surface area (Å²) in [7, 11) is 0. The summed E-state index contributed by atoms with van der Waals surface area (Å²) in [6.45, 7) is 0. The summed E-state index contributed by atoms with van der Waals surface area (Å²) in [6, 6.07) is 21.8. The van der Waals surface area contributed by atoms with E-state index < -0.39 is 6.08 Å². The van der Waals surface area contributed by atoms with Crippen LogP contribution in [-0.4, -0.2) is 0 Å². The van der Waals surface area contributed by atoms with E-state index in [2.05, 4.69) is 0 Å². The lowest BCUT2D eigenvalue weighted by Crippen LogP contribution is -1.91. The molecular weight excluding hydrogens is 254 g/mol. The van der Waals surface area contributed by atoms with E-state index in [1.165, 1.54) is 0 Å². The first-order valence-electron chi connectivity index (χ1n) is 6.36. The van der Waals surface area contributed by atoms with Crippen LogP contribution in [-0.2, 0) is 0 Å². The number of hydrogen-bond acceptors (Lipinski definition) is 0. The molecule has 3 rings (SSSR count). The molecule has 0 saturated carbocycles. The summed E-state index contributed by atoms with van der Waals surface area (Å²) in [5.41, 5.74) is 1.10. The third-order valence-electron chi connectivity index (χ3n) is 3.31. The van der Waals surface area contributed by atoms with E-state index in [9.17, 15) is 8.78 Å². The summed E-state index contributed by atoms with van der Waals surface area (Å²) < 4.78 is 27.0. The highest BCUT2D eigenvalue weighted by Gasteiger charge is 2.14. The highest BCUT2D eigenvalue weighted by molar-refractivity contribution is 5.97. The quantitative estimate of drug-likeness (QED) is 0.575. The molecule has 0 heterocycles. The minimum atomic E-state index is -1.66. The first-order chi connectivity index (χ1) is 9.77. The van der Waals surface area contributed by atoms with Gasteiger partial charge in [-0.1, -0.05) is 72.8 Å². The van der Waals surface area contributed by atoms with Crippen molar-refractivity contribution in [3.8, 4) is 0 Å². The van der Waals surface area contributed by atoms with Gasteiger partial charge in [-0.15, -0.1) is 0 Å². The van der Waals surface area contributed by atoms with Crippen LogP contribution in [0.2, 0.25) is 0 Å². The molecule has 0 spiro atoms. The number of halogens is 2. The Bertz CT molecular complexity index is 764. The molecular formula is C18H12F2. The average molecular weight is 266 g/mol. The van der Waals surface area contributed by atoms with E-state index in [-0.39, 0.29) is 5.57 Å². The molecule has 0 atom stereocenters. The Hall–Kier alpha value is -2.48. The van der Waals surface area contributed by atoms with E-state index >= 15 is 0 Å². The molecule has 0 amide bonds. The van der Waals surface area contributed by atoms with Crippen LogP contribution in [0.4, 0.5) is 8.78 Å². The first-order valence-corrected chi connectivity index (χ1v) is 6.36. The molecule has 3 aromatic rings. The van der Waals surface area contributed by atoms with Crippen molar-refractivity contribution < 1.29 is 8.78 Å². The lowest BCUT2D eigenvalue weighted by atomic mass is 9.94. The Morgan fingerprint density at radius 3 is 2.05 bits per heavy atom. The molecule has 98 valence electrons. The molecule has 0 bridgehead atoms. The van der Waals surface area contributed by atoms with Gasteiger partial charge in [0.25, 0.3) is 6.08 Å². The van der Waals surface area contributed by atoms with Crippen LogP contribution in [0.3, 0.4) is 0 Å². The van der Waals surface area contributed by atoms with Crippen molar-refractivity contribution in [2.75, 3.05) is 0 Å². The van der Waals surface area contributed by atoms with Crippen LogP contribution in [0.1, 0.15) is 11.1 Å². The molecule has 0 unspecified atom stereocenters. The summed E-state index contributed by atoms with van der Waals surface area (Å²) >= 11 is 0. The second-order valence-electron chi connectivity index (χ2n) is 4.53. The van der Waals surface area contributed by atoms with Crippen molar-refractivity contribution in [2.45, 2.75) is 0 Å². The molecule has 0 aliphatic rings. The second kappa shape index (κ2) is 5.25. The largest absolute Gasteiger partial charge is 0.278 e. The van der Waals surface area contributed by atoms with Crippen molar-refractivity contribution >= 4 is 16.3 Å². The van der Waals surface area contributed by atoms with Gasteiger partial charge < -0.3 is 0 Å². The van der Waals surface area contributed by atoms with Crippen molar-refractivity contribution in [3.63, 3.8) is 0 Å². The van der Waals surface area contributed by atoms with E-state index in [1.807, 2.05) is 42.5 Å². The normalized spacial score (nSPS) is 10.5. The van der Waals surface area contributed by atoms with Gasteiger partial charge in [0.1, 0.15) is 0 Å². The van der Waals surface area contributed by atoms with Crippen LogP contribution in [0.5, 0.6) is 0 Å². The second-order valence-corrected chi connectivity index (χ2v) is 4.53. The van der Waals surface area contributed by atoms with E-state index in [4.69, 9.17) is 0 Å². The third kappa shape index (κ3) is 2.21. The van der Waals surface area contributed by atoms with Gasteiger partial charge in [0.05, 0.1) is 5.57 Å². The fourth-order valence-electron chi connectivity index (χ4n) is 2.41. The van der Waals surface area contributed by atoms with Crippen molar-refractivity contribution in [1.29, 1.82) is 0 Å². The molecule has 0 nitrogen and oxygen atoms in total. The lowest BCUT2D eigenvalue weighted by Gasteiger charge is -2.10. The van der Waals surface area contributed by atoms with Crippen LogP contribution in [0.15, 0.2) is 78.9 Å². The number of hydrogen-bond donors (Lipinski definition) is 0. The minimum absolute atomic E-state index is 0.00222. The smallest absolute Gasteiger partial charge is 0.173 e. The Labute approximate surface area is 116 Å². The summed E-state index contributed by atoms with van der Waals surface area (Å²) in [5.74, 6) is 0. The zero-order valence-electron chi connectivity index (χ0n) is 10.7. The number of fused-ring (bicyclic) bond motifs is 1. The molecule has 2 heteroatoms. The van der Waals surface area contributed by atoms with E-state index in [0.29, 0.717) is 11.1 Å². The molecule has 0 fully saturated rings. The van der Waals surface area contributed by atoms with Gasteiger partial charge in [0.2, 0.25) is 0 Å². The summed E-state index contributed by atoms with van der Waals surface area (Å²) in [4.78, 5) is 0. The van der Waals surface area contributed by atoms with Crippen LogP contribution >= 0.6 is 0 Å². The SMILES string of the molecule is FC(F)=C(c1ccccc1)c1cccc2ccccc12. The zero-order chi connectivity index (χ0) is 13.9. The maximum absolute atomic E-state index is 13.5. The van der Waals surface area contributed by atoms with Gasteiger partial charge in [-0.3, -0.25) is 0 Å². The van der Waals surface area contributed by atoms with E-state index in [1.54, 1.807) is 30.3 Å². The topological polar surface area (TPSA) is 0 Å². The number of rotatable bonds is 2. The molecule has 0 aliphatic carbocycles. The Kier molecular flexibility index (Phi) is 3.30. The lowest BCUT2D eigenvalue weighted by molar-refractivity contribution is 0.426. The van der Waals surface area contributed by atoms with Gasteiger partial charge in [-0.25, -0.2) is 0 Å². The molecule has 0 saturated heterocycles. The Morgan fingerprint density at radius 1 is 0.650 bits per heavy atom. The fourth-order valence-corrected chi connectivity index (χ4v) is 2.41. The van der Waals surface area contributed by atoms with Crippen LogP contribution < -0.4 is 0 Å². The zero-order valence-corrected chi connectivity index (χ0v) is 10.7. The molecule has 0 radical (unpaired) electrons. The van der Waals surface area contributed by atoms with Gasteiger partial charge in [-0.2, -0.15) is 8.78 Å². The maximum atomic E-state index is 13.5.